The predicted molar refractivity (Wildman–Crippen MR) is 35.5 cm³/mol. The molecule has 0 radical (unpaired) electrons. The molecule has 1 aliphatic heterocycles. The first kappa shape index (κ1) is 7.37. The van der Waals surface area contributed by atoms with Gasteiger partial charge in [-0.15, -0.1) is 0 Å². The number of amides is 2. The van der Waals surface area contributed by atoms with Crippen molar-refractivity contribution in [3.8, 4) is 0 Å². The Morgan fingerprint density at radius 2 is 2.09 bits per heavy atom. The molecule has 1 aliphatic rings. The standard InChI is InChI=1S/C6H4N2O3/c1-3-7-5(10)4(2-9)6(11)8-3/h1H3,(H,7,8,10,11). The van der Waals surface area contributed by atoms with Gasteiger partial charge in [-0.2, -0.15) is 4.99 Å². The highest BCUT2D eigenvalue weighted by Gasteiger charge is 2.24. The summed E-state index contributed by atoms with van der Waals surface area (Å²) in [5.74, 6) is -0.155. The minimum atomic E-state index is -0.832. The molecule has 2 amide bonds. The van der Waals surface area contributed by atoms with Crippen molar-refractivity contribution in [3.63, 3.8) is 0 Å². The van der Waals surface area contributed by atoms with E-state index in [2.05, 4.69) is 10.3 Å². The minimum Gasteiger partial charge on any atom is -0.309 e. The second kappa shape index (κ2) is 2.48. The summed E-state index contributed by atoms with van der Waals surface area (Å²) in [4.78, 5) is 34.7. The van der Waals surface area contributed by atoms with Crippen LogP contribution in [0.1, 0.15) is 6.92 Å². The first-order valence-corrected chi connectivity index (χ1v) is 2.81. The highest BCUT2D eigenvalue weighted by atomic mass is 16.2. The number of hydrogen-bond donors (Lipinski definition) is 1. The Morgan fingerprint density at radius 1 is 1.45 bits per heavy atom. The van der Waals surface area contributed by atoms with E-state index in [1.54, 1.807) is 0 Å². The predicted octanol–water partition coefficient (Wildman–Crippen LogP) is -1.18. The maximum absolute atomic E-state index is 10.7. The highest BCUT2D eigenvalue weighted by Crippen LogP contribution is 1.98. The van der Waals surface area contributed by atoms with Crippen LogP contribution < -0.4 is 5.32 Å². The lowest BCUT2D eigenvalue weighted by atomic mass is 10.2. The number of hydrogen-bond acceptors (Lipinski definition) is 3. The van der Waals surface area contributed by atoms with Crippen molar-refractivity contribution >= 4 is 23.6 Å². The average Bonchev–Trinajstić information content (AvgIpc) is 1.85. The van der Waals surface area contributed by atoms with Crippen molar-refractivity contribution in [2.24, 2.45) is 4.99 Å². The van der Waals surface area contributed by atoms with Gasteiger partial charge < -0.3 is 5.32 Å². The van der Waals surface area contributed by atoms with Crippen LogP contribution in [-0.4, -0.2) is 23.6 Å². The van der Waals surface area contributed by atoms with Crippen LogP contribution in [0.25, 0.3) is 0 Å². The van der Waals surface area contributed by atoms with Crippen LogP contribution in [0.5, 0.6) is 0 Å². The van der Waals surface area contributed by atoms with E-state index in [-0.39, 0.29) is 5.84 Å². The number of rotatable bonds is 0. The van der Waals surface area contributed by atoms with Crippen LogP contribution in [0.2, 0.25) is 0 Å². The van der Waals surface area contributed by atoms with E-state index in [1.165, 1.54) is 12.9 Å². The van der Waals surface area contributed by atoms with Gasteiger partial charge in [0.25, 0.3) is 11.8 Å². The molecule has 0 aromatic rings. The van der Waals surface area contributed by atoms with Crippen molar-refractivity contribution in [1.82, 2.24) is 5.32 Å². The van der Waals surface area contributed by atoms with Crippen LogP contribution >= 0.6 is 0 Å². The molecule has 0 atom stereocenters. The van der Waals surface area contributed by atoms with Gasteiger partial charge in [-0.1, -0.05) is 0 Å². The fraction of sp³-hybridized carbons (Fsp3) is 0.167. The van der Waals surface area contributed by atoms with E-state index in [1.807, 2.05) is 0 Å². The summed E-state index contributed by atoms with van der Waals surface area (Å²) in [6.45, 7) is 1.46. The maximum Gasteiger partial charge on any atom is 0.295 e. The van der Waals surface area contributed by atoms with Gasteiger partial charge in [-0.05, 0) is 6.92 Å². The number of aliphatic imine (C=N–C) groups is 1. The molecule has 0 saturated heterocycles. The molecule has 56 valence electrons. The van der Waals surface area contributed by atoms with E-state index in [0.29, 0.717) is 0 Å². The number of carbonyl (C=O) groups excluding carboxylic acids is 3. The molecule has 0 aromatic carbocycles. The molecule has 0 fully saturated rings. The van der Waals surface area contributed by atoms with Gasteiger partial charge in [0, 0.05) is 0 Å². The Bertz CT molecular complexity index is 310. The Labute approximate surface area is 61.8 Å². The summed E-state index contributed by atoms with van der Waals surface area (Å²) >= 11 is 0. The van der Waals surface area contributed by atoms with Gasteiger partial charge in [-0.25, -0.2) is 4.79 Å². The SMILES string of the molecule is CC1=NC(=O)C(=C=O)C(=O)N1. The molecular weight excluding hydrogens is 148 g/mol. The zero-order chi connectivity index (χ0) is 8.43. The average molecular weight is 152 g/mol. The molecule has 1 rings (SSSR count). The summed E-state index contributed by atoms with van der Waals surface area (Å²) in [7, 11) is 0. The molecule has 0 aliphatic carbocycles. The van der Waals surface area contributed by atoms with Crippen LogP contribution in [-0.2, 0) is 14.4 Å². The molecule has 1 heterocycles. The Morgan fingerprint density at radius 3 is 2.55 bits per heavy atom. The Kier molecular flexibility index (Phi) is 1.66. The van der Waals surface area contributed by atoms with Gasteiger partial charge in [-0.3, -0.25) is 9.59 Å². The lowest BCUT2D eigenvalue weighted by Gasteiger charge is -2.07. The van der Waals surface area contributed by atoms with Crippen molar-refractivity contribution in [2.45, 2.75) is 6.92 Å². The zero-order valence-electron chi connectivity index (χ0n) is 5.67. The third-order valence-corrected chi connectivity index (χ3v) is 1.11. The largest absolute Gasteiger partial charge is 0.309 e. The molecule has 0 bridgehead atoms. The quantitative estimate of drug-likeness (QED) is 0.269. The van der Waals surface area contributed by atoms with Crippen molar-refractivity contribution in [1.29, 1.82) is 0 Å². The summed E-state index contributed by atoms with van der Waals surface area (Å²) in [6, 6.07) is 0. The van der Waals surface area contributed by atoms with Crippen molar-refractivity contribution < 1.29 is 14.4 Å². The molecule has 5 heteroatoms. The zero-order valence-corrected chi connectivity index (χ0v) is 5.67. The first-order chi connectivity index (χ1) is 5.15. The number of carbonyl (C=O) groups is 2. The van der Waals surface area contributed by atoms with Crippen LogP contribution in [0, 0.1) is 0 Å². The maximum atomic E-state index is 10.7. The van der Waals surface area contributed by atoms with E-state index in [0.717, 1.165) is 0 Å². The lowest BCUT2D eigenvalue weighted by Crippen LogP contribution is -2.37. The van der Waals surface area contributed by atoms with E-state index in [9.17, 15) is 14.4 Å². The molecule has 0 saturated carbocycles. The second-order valence-electron chi connectivity index (χ2n) is 1.93. The summed E-state index contributed by atoms with van der Waals surface area (Å²) in [5, 5.41) is 2.20. The van der Waals surface area contributed by atoms with E-state index in [4.69, 9.17) is 0 Å². The fourth-order valence-corrected chi connectivity index (χ4v) is 0.650. The van der Waals surface area contributed by atoms with E-state index >= 15 is 0 Å². The van der Waals surface area contributed by atoms with Crippen molar-refractivity contribution in [3.05, 3.63) is 5.57 Å². The van der Waals surface area contributed by atoms with Crippen LogP contribution in [0.4, 0.5) is 0 Å². The third-order valence-electron chi connectivity index (χ3n) is 1.11. The monoisotopic (exact) mass is 152 g/mol. The molecule has 11 heavy (non-hydrogen) atoms. The molecule has 5 nitrogen and oxygen atoms in total. The van der Waals surface area contributed by atoms with E-state index < -0.39 is 17.4 Å². The number of nitrogens with zero attached hydrogens (tertiary/aromatic N) is 1. The van der Waals surface area contributed by atoms with Gasteiger partial charge in [0.2, 0.25) is 0 Å². The van der Waals surface area contributed by atoms with Crippen molar-refractivity contribution in [2.75, 3.05) is 0 Å². The topological polar surface area (TPSA) is 75.6 Å². The minimum absolute atomic E-state index is 0.194. The Hall–Kier alpha value is -1.74. The molecule has 1 N–H and O–H groups in total. The van der Waals surface area contributed by atoms with Crippen LogP contribution in [0.3, 0.4) is 0 Å². The van der Waals surface area contributed by atoms with Gasteiger partial charge in [0.1, 0.15) is 11.8 Å². The normalized spacial score (nSPS) is 17.2. The summed E-state index contributed by atoms with van der Waals surface area (Å²) < 4.78 is 0. The fourth-order valence-electron chi connectivity index (χ4n) is 0.650. The lowest BCUT2D eigenvalue weighted by molar-refractivity contribution is -0.121. The number of nitrogens with one attached hydrogen (secondary N) is 1. The second-order valence-corrected chi connectivity index (χ2v) is 1.93. The Balaban J connectivity index is 3.15. The molecule has 0 spiro atoms. The summed E-state index contributed by atoms with van der Waals surface area (Å²) in [5.41, 5.74) is -0.574. The van der Waals surface area contributed by atoms with Gasteiger partial charge in [0.15, 0.2) is 5.57 Å². The highest BCUT2D eigenvalue weighted by molar-refractivity contribution is 6.31. The first-order valence-electron chi connectivity index (χ1n) is 2.81. The molecule has 0 unspecified atom stereocenters. The molecule has 0 aromatic heterocycles. The smallest absolute Gasteiger partial charge is 0.295 e. The summed E-state index contributed by atoms with van der Waals surface area (Å²) in [6.07, 6.45) is 0. The van der Waals surface area contributed by atoms with Gasteiger partial charge in [0.05, 0.1) is 0 Å². The number of amidine groups is 1. The van der Waals surface area contributed by atoms with Crippen LogP contribution in [0.15, 0.2) is 10.6 Å². The van der Waals surface area contributed by atoms with Gasteiger partial charge >= 0.3 is 0 Å². The molecular formula is C6H4N2O3. The third kappa shape index (κ3) is 1.22.